The summed E-state index contributed by atoms with van der Waals surface area (Å²) in [6.07, 6.45) is 0.229. The molecule has 0 spiro atoms. The molecule has 0 aliphatic carbocycles. The van der Waals surface area contributed by atoms with E-state index in [1.807, 2.05) is 13.8 Å². The Hall–Kier alpha value is -1.82. The van der Waals surface area contributed by atoms with E-state index in [1.54, 1.807) is 0 Å². The van der Waals surface area contributed by atoms with Gasteiger partial charge in [-0.1, -0.05) is 81.4 Å². The molecule has 12 nitrogen and oxygen atoms in total. The number of benzene rings is 2. The van der Waals surface area contributed by atoms with Crippen LogP contribution in [0, 0.1) is 0 Å². The van der Waals surface area contributed by atoms with Gasteiger partial charge in [-0.3, -0.25) is 0 Å². The Balaban J connectivity index is 1.30. The minimum Gasteiger partial charge on any atom is -0.405 e. The summed E-state index contributed by atoms with van der Waals surface area (Å²) >= 11 is 0. The lowest BCUT2D eigenvalue weighted by molar-refractivity contribution is -0.0288. The molecule has 0 aliphatic rings. The zero-order valence-electron chi connectivity index (χ0n) is 33.8. The highest BCUT2D eigenvalue weighted by molar-refractivity contribution is 6.99. The average molecular weight is 783 g/mol. The molecule has 0 saturated heterocycles. The quantitative estimate of drug-likeness (QED) is 0.0726. The average Bonchev–Trinajstić information content (AvgIpc) is 3.16. The van der Waals surface area contributed by atoms with Crippen LogP contribution < -0.4 is 10.4 Å². The van der Waals surface area contributed by atoms with Crippen LogP contribution in [0.5, 0.6) is 0 Å². The number of hydrogen-bond donors (Lipinski definition) is 0. The zero-order valence-corrected chi connectivity index (χ0v) is 34.8. The van der Waals surface area contributed by atoms with Crippen LogP contribution in [0.2, 0.25) is 5.04 Å². The summed E-state index contributed by atoms with van der Waals surface area (Å²) in [5, 5.41) is 2.48. The molecule has 0 radical (unpaired) electrons. The minimum absolute atomic E-state index is 0.0561. The predicted molar refractivity (Wildman–Crippen MR) is 213 cm³/mol. The largest absolute Gasteiger partial charge is 0.405 e. The van der Waals surface area contributed by atoms with Crippen LogP contribution in [0.1, 0.15) is 34.6 Å². The Labute approximate surface area is 326 Å². The number of hydrogen-bond acceptors (Lipinski definition) is 12. The van der Waals surface area contributed by atoms with Gasteiger partial charge < -0.3 is 56.5 Å². The molecule has 0 fully saturated rings. The van der Waals surface area contributed by atoms with Gasteiger partial charge in [0.15, 0.2) is 0 Å². The SMILES string of the molecule is CC(C)OCCOCCOCCOCCOCCOCCOCCOCCOCCOCCOCCO[Si](c1ccccc1)(c1ccccc1)C(C)(C)C. The molecule has 0 heterocycles. The summed E-state index contributed by atoms with van der Waals surface area (Å²) in [7, 11) is -2.54. The Morgan fingerprint density at radius 2 is 0.611 bits per heavy atom. The van der Waals surface area contributed by atoms with E-state index in [2.05, 4.69) is 81.4 Å². The first-order valence-corrected chi connectivity index (χ1v) is 21.4. The number of rotatable bonds is 37. The third kappa shape index (κ3) is 22.7. The maximum absolute atomic E-state index is 6.85. The van der Waals surface area contributed by atoms with Crippen LogP contribution in [-0.4, -0.2) is 160 Å². The zero-order chi connectivity index (χ0) is 38.8. The van der Waals surface area contributed by atoms with Crippen molar-refractivity contribution in [1.82, 2.24) is 0 Å². The molecule has 2 rings (SSSR count). The highest BCUT2D eigenvalue weighted by atomic mass is 28.4. The highest BCUT2D eigenvalue weighted by Crippen LogP contribution is 2.36. The summed E-state index contributed by atoms with van der Waals surface area (Å²) in [6, 6.07) is 21.3. The van der Waals surface area contributed by atoms with Crippen LogP contribution in [0.3, 0.4) is 0 Å². The minimum atomic E-state index is -2.54. The van der Waals surface area contributed by atoms with Crippen molar-refractivity contribution in [1.29, 1.82) is 0 Å². The lowest BCUT2D eigenvalue weighted by Crippen LogP contribution is -2.66. The molecule has 0 bridgehead atoms. The van der Waals surface area contributed by atoms with Gasteiger partial charge in [0.25, 0.3) is 8.32 Å². The maximum Gasteiger partial charge on any atom is 0.261 e. The van der Waals surface area contributed by atoms with Gasteiger partial charge in [0.2, 0.25) is 0 Å². The fourth-order valence-electron chi connectivity index (χ4n) is 5.44. The van der Waals surface area contributed by atoms with Crippen molar-refractivity contribution in [3.63, 3.8) is 0 Å². The van der Waals surface area contributed by atoms with Gasteiger partial charge in [0.05, 0.1) is 151 Å². The molecule has 0 unspecified atom stereocenters. The summed E-state index contributed by atoms with van der Waals surface area (Å²) in [4.78, 5) is 0. The van der Waals surface area contributed by atoms with Crippen LogP contribution in [0.4, 0.5) is 0 Å². The second-order valence-electron chi connectivity index (χ2n) is 13.6. The van der Waals surface area contributed by atoms with E-state index < -0.39 is 8.32 Å². The van der Waals surface area contributed by atoms with Crippen molar-refractivity contribution in [3.8, 4) is 0 Å². The summed E-state index contributed by atoms with van der Waals surface area (Å²) in [5.41, 5.74) is 0. The first kappa shape index (κ1) is 48.3. The lowest BCUT2D eigenvalue weighted by atomic mass is 10.2. The van der Waals surface area contributed by atoms with Crippen molar-refractivity contribution < 1.29 is 56.5 Å². The van der Waals surface area contributed by atoms with Crippen molar-refractivity contribution >= 4 is 18.7 Å². The third-order valence-electron chi connectivity index (χ3n) is 7.99. The molecule has 310 valence electrons. The first-order valence-electron chi connectivity index (χ1n) is 19.5. The molecule has 54 heavy (non-hydrogen) atoms. The van der Waals surface area contributed by atoms with Crippen LogP contribution in [-0.2, 0) is 56.5 Å². The molecule has 0 aromatic heterocycles. The van der Waals surface area contributed by atoms with E-state index in [9.17, 15) is 0 Å². The highest BCUT2D eigenvalue weighted by Gasteiger charge is 2.50. The second kappa shape index (κ2) is 32.3. The van der Waals surface area contributed by atoms with Crippen LogP contribution >= 0.6 is 0 Å². The molecule has 0 atom stereocenters. The summed E-state index contributed by atoms with van der Waals surface area (Å²) < 4.78 is 67.8. The maximum atomic E-state index is 6.85. The molecular weight excluding hydrogens is 713 g/mol. The van der Waals surface area contributed by atoms with Crippen molar-refractivity contribution in [2.24, 2.45) is 0 Å². The molecule has 0 N–H and O–H groups in total. The van der Waals surface area contributed by atoms with Crippen molar-refractivity contribution in [2.75, 3.05) is 145 Å². The van der Waals surface area contributed by atoms with Gasteiger partial charge in [-0.25, -0.2) is 0 Å². The predicted octanol–water partition coefficient (Wildman–Crippen LogP) is 4.15. The van der Waals surface area contributed by atoms with Crippen molar-refractivity contribution in [2.45, 2.75) is 45.8 Å². The Kier molecular flexibility index (Phi) is 28.9. The molecule has 0 aliphatic heterocycles. The van der Waals surface area contributed by atoms with E-state index in [0.717, 1.165) is 0 Å². The van der Waals surface area contributed by atoms with E-state index >= 15 is 0 Å². The third-order valence-corrected chi connectivity index (χ3v) is 13.0. The van der Waals surface area contributed by atoms with E-state index in [-0.39, 0.29) is 11.1 Å². The molecule has 2 aromatic rings. The molecule has 13 heteroatoms. The van der Waals surface area contributed by atoms with Crippen molar-refractivity contribution in [3.05, 3.63) is 60.7 Å². The molecule has 0 saturated carbocycles. The van der Waals surface area contributed by atoms with Gasteiger partial charge in [-0.15, -0.1) is 0 Å². The standard InChI is InChI=1S/C41H70O12Si/c1-38(2)52-36-34-50-32-30-48-28-26-46-24-22-44-20-18-42-16-17-43-19-21-45-23-25-47-27-29-49-31-33-51-35-37-53-54(41(3,4)5,39-12-8-6-9-13-39)40-14-10-7-11-15-40/h6-15,38H,16-37H2,1-5H3. The normalized spacial score (nSPS) is 12.3. The van der Waals surface area contributed by atoms with E-state index in [1.165, 1.54) is 10.4 Å². The van der Waals surface area contributed by atoms with Crippen LogP contribution in [0.25, 0.3) is 0 Å². The monoisotopic (exact) mass is 782 g/mol. The van der Waals surface area contributed by atoms with Crippen LogP contribution in [0.15, 0.2) is 60.7 Å². The Morgan fingerprint density at radius 3 is 0.852 bits per heavy atom. The Morgan fingerprint density at radius 1 is 0.370 bits per heavy atom. The number of ether oxygens (including phenoxy) is 11. The topological polar surface area (TPSA) is 111 Å². The lowest BCUT2D eigenvalue weighted by Gasteiger charge is -2.43. The Bertz CT molecular complexity index is 1050. The van der Waals surface area contributed by atoms with Gasteiger partial charge in [0, 0.05) is 0 Å². The van der Waals surface area contributed by atoms with Gasteiger partial charge in [-0.05, 0) is 29.3 Å². The van der Waals surface area contributed by atoms with E-state index in [4.69, 9.17) is 56.5 Å². The summed E-state index contributed by atoms with van der Waals surface area (Å²) in [5.74, 6) is 0. The first-order chi connectivity index (χ1) is 26.4. The molecule has 2 aromatic carbocycles. The molecular formula is C41H70O12Si. The fourth-order valence-corrected chi connectivity index (χ4v) is 9.98. The second-order valence-corrected chi connectivity index (χ2v) is 17.9. The van der Waals surface area contributed by atoms with Gasteiger partial charge in [0.1, 0.15) is 0 Å². The molecule has 0 amide bonds. The van der Waals surface area contributed by atoms with Gasteiger partial charge in [-0.2, -0.15) is 0 Å². The fraction of sp³-hybridized carbons (Fsp3) is 0.707. The smallest absolute Gasteiger partial charge is 0.261 e. The summed E-state index contributed by atoms with van der Waals surface area (Å²) in [6.45, 7) is 22.4. The van der Waals surface area contributed by atoms with E-state index in [0.29, 0.717) is 145 Å². The van der Waals surface area contributed by atoms with Gasteiger partial charge >= 0.3 is 0 Å².